The molecule has 24 heavy (non-hydrogen) atoms. The van der Waals surface area contributed by atoms with Crippen LogP contribution in [-0.2, 0) is 5.75 Å². The van der Waals surface area contributed by atoms with Gasteiger partial charge >= 0.3 is 6.55 Å². The van der Waals surface area contributed by atoms with Gasteiger partial charge in [-0.3, -0.25) is 9.55 Å². The Kier molecular flexibility index (Phi) is 3.90. The molecule has 3 nitrogen and oxygen atoms in total. The molecule has 0 bridgehead atoms. The third kappa shape index (κ3) is 2.63. The second kappa shape index (κ2) is 6.20. The summed E-state index contributed by atoms with van der Waals surface area (Å²) in [7, 11) is 0. The number of halogens is 2. The van der Waals surface area contributed by atoms with Crippen molar-refractivity contribution in [1.82, 2.24) is 14.5 Å². The average molecular weight is 341 g/mol. The van der Waals surface area contributed by atoms with Crippen LogP contribution in [-0.4, -0.2) is 14.5 Å². The normalized spacial score (nSPS) is 11.6. The highest BCUT2D eigenvalue weighted by Crippen LogP contribution is 2.31. The molecule has 4 rings (SSSR count). The summed E-state index contributed by atoms with van der Waals surface area (Å²) in [6.07, 6.45) is 1.74. The summed E-state index contributed by atoms with van der Waals surface area (Å²) >= 11 is 1.49. The van der Waals surface area contributed by atoms with Crippen LogP contribution in [0.4, 0.5) is 8.78 Å². The molecular weight excluding hydrogens is 328 g/mol. The summed E-state index contributed by atoms with van der Waals surface area (Å²) in [5.41, 5.74) is 1.94. The molecule has 0 aliphatic heterocycles. The molecule has 2 aromatic heterocycles. The van der Waals surface area contributed by atoms with E-state index in [1.54, 1.807) is 30.5 Å². The molecule has 0 aliphatic carbocycles. The van der Waals surface area contributed by atoms with Crippen molar-refractivity contribution in [2.24, 2.45) is 0 Å². The molecule has 4 aromatic rings. The molecule has 0 radical (unpaired) electrons. The van der Waals surface area contributed by atoms with Crippen LogP contribution in [0.5, 0.6) is 0 Å². The highest BCUT2D eigenvalue weighted by Gasteiger charge is 2.17. The molecule has 120 valence electrons. The van der Waals surface area contributed by atoms with Gasteiger partial charge in [-0.2, -0.15) is 8.78 Å². The number of rotatable bonds is 4. The van der Waals surface area contributed by atoms with Crippen LogP contribution in [0.3, 0.4) is 0 Å². The lowest BCUT2D eigenvalue weighted by Gasteiger charge is -2.08. The standard InChI is InChI=1S/C18H13F2N3S/c19-18(20)23-15-8-4-3-7-14(15)22-17(23)11-24-16-9-10-21-13-6-2-1-5-12(13)16/h1-10,18H,11H2. The maximum Gasteiger partial charge on any atom is 0.320 e. The number of alkyl halides is 2. The van der Waals surface area contributed by atoms with Gasteiger partial charge in [0.05, 0.1) is 22.3 Å². The molecule has 0 atom stereocenters. The second-order valence-corrected chi connectivity index (χ2v) is 6.30. The Hall–Kier alpha value is -2.47. The monoisotopic (exact) mass is 341 g/mol. The molecule has 0 saturated heterocycles. The molecule has 0 unspecified atom stereocenters. The molecule has 0 saturated carbocycles. The first-order valence-corrected chi connectivity index (χ1v) is 8.43. The van der Waals surface area contributed by atoms with E-state index in [1.165, 1.54) is 11.8 Å². The van der Waals surface area contributed by atoms with Gasteiger partial charge in [0.25, 0.3) is 0 Å². The molecular formula is C18H13F2N3S. The van der Waals surface area contributed by atoms with Crippen LogP contribution in [0.15, 0.2) is 65.7 Å². The van der Waals surface area contributed by atoms with Crippen molar-refractivity contribution in [1.29, 1.82) is 0 Å². The Labute approximate surface area is 141 Å². The van der Waals surface area contributed by atoms with E-state index in [-0.39, 0.29) is 0 Å². The van der Waals surface area contributed by atoms with Gasteiger partial charge < -0.3 is 0 Å². The third-order valence-corrected chi connectivity index (χ3v) is 4.90. The zero-order valence-corrected chi connectivity index (χ0v) is 13.4. The van der Waals surface area contributed by atoms with E-state index in [0.717, 1.165) is 20.4 Å². The first-order chi connectivity index (χ1) is 11.7. The van der Waals surface area contributed by atoms with Crippen LogP contribution in [0.2, 0.25) is 0 Å². The van der Waals surface area contributed by atoms with Gasteiger partial charge in [0, 0.05) is 16.5 Å². The van der Waals surface area contributed by atoms with Gasteiger partial charge in [-0.25, -0.2) is 4.98 Å². The third-order valence-electron chi connectivity index (χ3n) is 3.83. The fourth-order valence-electron chi connectivity index (χ4n) is 2.75. The summed E-state index contributed by atoms with van der Waals surface area (Å²) in [5, 5.41) is 1.02. The molecule has 0 amide bonds. The number of thioether (sulfide) groups is 1. The SMILES string of the molecule is FC(F)n1c(CSc2ccnc3ccccc23)nc2ccccc21. The predicted octanol–water partition coefficient (Wildman–Crippen LogP) is 5.27. The number of pyridine rings is 1. The van der Waals surface area contributed by atoms with Crippen LogP contribution in [0, 0.1) is 0 Å². The van der Waals surface area contributed by atoms with Gasteiger partial charge in [-0.15, -0.1) is 11.8 Å². The fraction of sp³-hybridized carbons (Fsp3) is 0.111. The van der Waals surface area contributed by atoms with Crippen LogP contribution in [0.25, 0.3) is 21.9 Å². The number of benzene rings is 2. The van der Waals surface area contributed by atoms with Gasteiger partial charge in [0.15, 0.2) is 0 Å². The molecule has 2 heterocycles. The lowest BCUT2D eigenvalue weighted by atomic mass is 10.2. The van der Waals surface area contributed by atoms with Crippen LogP contribution < -0.4 is 0 Å². The van der Waals surface area contributed by atoms with Gasteiger partial charge in [-0.05, 0) is 24.3 Å². The van der Waals surface area contributed by atoms with Gasteiger partial charge in [0.1, 0.15) is 5.82 Å². The second-order valence-electron chi connectivity index (χ2n) is 5.28. The molecule has 0 fully saturated rings. The highest BCUT2D eigenvalue weighted by atomic mass is 32.2. The van der Waals surface area contributed by atoms with E-state index in [0.29, 0.717) is 22.6 Å². The lowest BCUT2D eigenvalue weighted by Crippen LogP contribution is -2.03. The van der Waals surface area contributed by atoms with Crippen molar-refractivity contribution in [2.45, 2.75) is 17.2 Å². The average Bonchev–Trinajstić information content (AvgIpc) is 2.98. The number of imidazole rings is 1. The van der Waals surface area contributed by atoms with Crippen molar-refractivity contribution >= 4 is 33.7 Å². The molecule has 0 spiro atoms. The van der Waals surface area contributed by atoms with E-state index in [9.17, 15) is 8.78 Å². The zero-order valence-electron chi connectivity index (χ0n) is 12.6. The Bertz CT molecular complexity index is 1010. The highest BCUT2D eigenvalue weighted by molar-refractivity contribution is 7.98. The van der Waals surface area contributed by atoms with Crippen molar-refractivity contribution in [3.8, 4) is 0 Å². The smallest absolute Gasteiger partial charge is 0.269 e. The van der Waals surface area contributed by atoms with Gasteiger partial charge in [-0.1, -0.05) is 30.3 Å². The molecule has 2 aromatic carbocycles. The number of aromatic nitrogens is 3. The molecule has 6 heteroatoms. The van der Waals surface area contributed by atoms with Gasteiger partial charge in [0.2, 0.25) is 0 Å². The lowest BCUT2D eigenvalue weighted by molar-refractivity contribution is 0.0722. The Morgan fingerprint density at radius 1 is 0.958 bits per heavy atom. The summed E-state index contributed by atoms with van der Waals surface area (Å²) in [6.45, 7) is -2.61. The topological polar surface area (TPSA) is 30.7 Å². The number of hydrogen-bond donors (Lipinski definition) is 0. The Morgan fingerprint density at radius 2 is 1.71 bits per heavy atom. The molecule has 0 N–H and O–H groups in total. The summed E-state index contributed by atoms with van der Waals surface area (Å²) in [6, 6.07) is 16.7. The fourth-order valence-corrected chi connectivity index (χ4v) is 3.73. The summed E-state index contributed by atoms with van der Waals surface area (Å²) < 4.78 is 28.0. The summed E-state index contributed by atoms with van der Waals surface area (Å²) in [4.78, 5) is 9.71. The largest absolute Gasteiger partial charge is 0.320 e. The first-order valence-electron chi connectivity index (χ1n) is 7.44. The predicted molar refractivity (Wildman–Crippen MR) is 92.3 cm³/mol. The van der Waals surface area contributed by atoms with Crippen LogP contribution in [0.1, 0.15) is 12.4 Å². The van der Waals surface area contributed by atoms with Crippen LogP contribution >= 0.6 is 11.8 Å². The number of hydrogen-bond acceptors (Lipinski definition) is 3. The minimum atomic E-state index is -2.61. The van der Waals surface area contributed by atoms with E-state index in [4.69, 9.17) is 0 Å². The van der Waals surface area contributed by atoms with Crippen molar-refractivity contribution in [3.63, 3.8) is 0 Å². The van der Waals surface area contributed by atoms with Crippen molar-refractivity contribution in [2.75, 3.05) is 0 Å². The maximum atomic E-state index is 13.5. The van der Waals surface area contributed by atoms with E-state index in [2.05, 4.69) is 9.97 Å². The van der Waals surface area contributed by atoms with E-state index >= 15 is 0 Å². The van der Waals surface area contributed by atoms with Crippen molar-refractivity contribution < 1.29 is 8.78 Å². The quantitative estimate of drug-likeness (QED) is 0.474. The number of para-hydroxylation sites is 3. The Balaban J connectivity index is 1.71. The summed E-state index contributed by atoms with van der Waals surface area (Å²) in [5.74, 6) is 0.740. The van der Waals surface area contributed by atoms with E-state index < -0.39 is 6.55 Å². The number of nitrogens with zero attached hydrogens (tertiary/aromatic N) is 3. The Morgan fingerprint density at radius 3 is 2.54 bits per heavy atom. The maximum absolute atomic E-state index is 13.5. The zero-order chi connectivity index (χ0) is 16.5. The van der Waals surface area contributed by atoms with Crippen molar-refractivity contribution in [3.05, 3.63) is 66.6 Å². The van der Waals surface area contributed by atoms with E-state index in [1.807, 2.05) is 30.3 Å². The minimum absolute atomic E-state index is 0.368. The first kappa shape index (κ1) is 15.1. The number of fused-ring (bicyclic) bond motifs is 2. The minimum Gasteiger partial charge on any atom is -0.269 e. The molecule has 0 aliphatic rings.